The lowest BCUT2D eigenvalue weighted by Crippen LogP contribution is -2.27. The third kappa shape index (κ3) is 1.36. The monoisotopic (exact) mass is 140 g/mol. The van der Waals surface area contributed by atoms with Gasteiger partial charge in [0, 0.05) is 0 Å². The second-order valence-electron chi connectivity index (χ2n) is 4.15. The van der Waals surface area contributed by atoms with E-state index >= 15 is 0 Å². The van der Waals surface area contributed by atoms with Gasteiger partial charge in [-0.2, -0.15) is 0 Å². The number of hydrogen-bond acceptors (Lipinski definition) is 0. The quantitative estimate of drug-likeness (QED) is 0.522. The van der Waals surface area contributed by atoms with Crippen molar-refractivity contribution in [1.82, 2.24) is 0 Å². The summed E-state index contributed by atoms with van der Waals surface area (Å²) in [6.07, 6.45) is 7.23. The highest BCUT2D eigenvalue weighted by Gasteiger charge is 2.31. The van der Waals surface area contributed by atoms with Gasteiger partial charge in [-0.15, -0.1) is 0 Å². The molecule has 60 valence electrons. The summed E-state index contributed by atoms with van der Waals surface area (Å²) in [6, 6.07) is 0. The lowest BCUT2D eigenvalue weighted by atomic mass is 9.67. The van der Waals surface area contributed by atoms with E-state index in [4.69, 9.17) is 0 Å². The first-order valence-electron chi connectivity index (χ1n) is 4.69. The molecule has 2 unspecified atom stereocenters. The molecule has 0 nitrogen and oxygen atoms in total. The molecule has 0 aromatic heterocycles. The Morgan fingerprint density at radius 1 is 1.40 bits per heavy atom. The summed E-state index contributed by atoms with van der Waals surface area (Å²) in [5.74, 6) is 0.964. The number of rotatable bonds is 1. The van der Waals surface area contributed by atoms with Crippen LogP contribution in [0.25, 0.3) is 0 Å². The normalized spacial score (nSPS) is 41.7. The van der Waals surface area contributed by atoms with Crippen LogP contribution in [-0.2, 0) is 0 Å². The molecule has 0 spiro atoms. The maximum absolute atomic E-state index is 2.46. The highest BCUT2D eigenvalue weighted by molar-refractivity contribution is 4.82. The largest absolute Gasteiger partial charge is 0.0649 e. The van der Waals surface area contributed by atoms with Crippen molar-refractivity contribution in [2.24, 2.45) is 11.3 Å². The predicted octanol–water partition coefficient (Wildman–Crippen LogP) is 3.61. The molecule has 0 aromatic carbocycles. The van der Waals surface area contributed by atoms with Crippen molar-refractivity contribution in [2.75, 3.05) is 0 Å². The Morgan fingerprint density at radius 2 is 2.10 bits per heavy atom. The maximum atomic E-state index is 2.46. The highest BCUT2D eigenvalue weighted by Crippen LogP contribution is 2.42. The van der Waals surface area contributed by atoms with Gasteiger partial charge >= 0.3 is 0 Å². The first kappa shape index (κ1) is 8.10. The lowest BCUT2D eigenvalue weighted by molar-refractivity contribution is 0.125. The summed E-state index contributed by atoms with van der Waals surface area (Å²) in [6.45, 7) is 7.21. The van der Waals surface area contributed by atoms with E-state index < -0.39 is 0 Å². The SMILES string of the molecule is CCC1(C)CCCCC1C. The standard InChI is InChI=1S/C10H20/c1-4-10(3)8-6-5-7-9(10)2/h9H,4-8H2,1-3H3. The molecule has 10 heavy (non-hydrogen) atoms. The average Bonchev–Trinajstić information content (AvgIpc) is 1.96. The van der Waals surface area contributed by atoms with Gasteiger partial charge in [0.2, 0.25) is 0 Å². The van der Waals surface area contributed by atoms with E-state index in [9.17, 15) is 0 Å². The molecular formula is C10H20. The molecule has 1 saturated carbocycles. The van der Waals surface area contributed by atoms with Gasteiger partial charge in [0.25, 0.3) is 0 Å². The zero-order chi connectivity index (χ0) is 7.61. The predicted molar refractivity (Wildman–Crippen MR) is 46.0 cm³/mol. The lowest BCUT2D eigenvalue weighted by Gasteiger charge is -2.39. The average molecular weight is 140 g/mol. The Labute approximate surface area is 65.0 Å². The van der Waals surface area contributed by atoms with Crippen LogP contribution in [0.15, 0.2) is 0 Å². The number of hydrogen-bond donors (Lipinski definition) is 0. The van der Waals surface area contributed by atoms with Crippen LogP contribution in [0.2, 0.25) is 0 Å². The third-order valence-electron chi connectivity index (χ3n) is 3.63. The molecule has 1 rings (SSSR count). The molecule has 1 aliphatic carbocycles. The third-order valence-corrected chi connectivity index (χ3v) is 3.63. The summed E-state index contributed by atoms with van der Waals surface area (Å²) in [7, 11) is 0. The van der Waals surface area contributed by atoms with Crippen LogP contribution in [0.3, 0.4) is 0 Å². The van der Waals surface area contributed by atoms with Crippen LogP contribution in [0, 0.1) is 11.3 Å². The highest BCUT2D eigenvalue weighted by atomic mass is 14.4. The van der Waals surface area contributed by atoms with E-state index in [1.165, 1.54) is 32.1 Å². The van der Waals surface area contributed by atoms with Gasteiger partial charge in [-0.1, -0.05) is 46.5 Å². The van der Waals surface area contributed by atoms with Gasteiger partial charge in [0.15, 0.2) is 0 Å². The van der Waals surface area contributed by atoms with E-state index in [1.54, 1.807) is 0 Å². The van der Waals surface area contributed by atoms with Crippen molar-refractivity contribution in [1.29, 1.82) is 0 Å². The molecule has 0 heteroatoms. The van der Waals surface area contributed by atoms with Crippen molar-refractivity contribution in [2.45, 2.75) is 52.9 Å². The van der Waals surface area contributed by atoms with Crippen LogP contribution < -0.4 is 0 Å². The molecule has 0 amide bonds. The fourth-order valence-corrected chi connectivity index (χ4v) is 2.10. The molecule has 0 aromatic rings. The van der Waals surface area contributed by atoms with Crippen molar-refractivity contribution in [3.8, 4) is 0 Å². The second kappa shape index (κ2) is 2.94. The van der Waals surface area contributed by atoms with Crippen molar-refractivity contribution in [3.63, 3.8) is 0 Å². The summed E-state index contributed by atoms with van der Waals surface area (Å²) in [5.41, 5.74) is 0.679. The molecule has 2 atom stereocenters. The van der Waals surface area contributed by atoms with E-state index in [-0.39, 0.29) is 0 Å². The van der Waals surface area contributed by atoms with E-state index in [2.05, 4.69) is 20.8 Å². The summed E-state index contributed by atoms with van der Waals surface area (Å²) < 4.78 is 0. The Kier molecular flexibility index (Phi) is 2.38. The minimum Gasteiger partial charge on any atom is -0.0649 e. The Hall–Kier alpha value is 0. The molecule has 0 heterocycles. The van der Waals surface area contributed by atoms with Gasteiger partial charge in [-0.05, 0) is 17.8 Å². The molecule has 0 N–H and O–H groups in total. The van der Waals surface area contributed by atoms with Gasteiger partial charge in [-0.25, -0.2) is 0 Å². The van der Waals surface area contributed by atoms with Crippen LogP contribution in [0.4, 0.5) is 0 Å². The minimum absolute atomic E-state index is 0.679. The summed E-state index contributed by atoms with van der Waals surface area (Å²) >= 11 is 0. The summed E-state index contributed by atoms with van der Waals surface area (Å²) in [5, 5.41) is 0. The summed E-state index contributed by atoms with van der Waals surface area (Å²) in [4.78, 5) is 0. The van der Waals surface area contributed by atoms with Crippen LogP contribution in [0.1, 0.15) is 52.9 Å². The fourth-order valence-electron chi connectivity index (χ4n) is 2.10. The van der Waals surface area contributed by atoms with Gasteiger partial charge < -0.3 is 0 Å². The Morgan fingerprint density at radius 3 is 2.50 bits per heavy atom. The Bertz CT molecular complexity index is 107. The van der Waals surface area contributed by atoms with E-state index in [0.29, 0.717) is 5.41 Å². The fraction of sp³-hybridized carbons (Fsp3) is 1.00. The van der Waals surface area contributed by atoms with Crippen LogP contribution in [0.5, 0.6) is 0 Å². The van der Waals surface area contributed by atoms with Crippen molar-refractivity contribution >= 4 is 0 Å². The van der Waals surface area contributed by atoms with Crippen molar-refractivity contribution in [3.05, 3.63) is 0 Å². The van der Waals surface area contributed by atoms with Gasteiger partial charge in [0.05, 0.1) is 0 Å². The van der Waals surface area contributed by atoms with Crippen LogP contribution in [-0.4, -0.2) is 0 Å². The maximum Gasteiger partial charge on any atom is -0.0303 e. The minimum atomic E-state index is 0.679. The molecule has 0 bridgehead atoms. The smallest absolute Gasteiger partial charge is 0.0303 e. The molecule has 0 saturated heterocycles. The first-order chi connectivity index (χ1) is 4.69. The molecule has 0 aliphatic heterocycles. The van der Waals surface area contributed by atoms with Gasteiger partial charge in [-0.3, -0.25) is 0 Å². The second-order valence-corrected chi connectivity index (χ2v) is 4.15. The molecule has 1 fully saturated rings. The van der Waals surface area contributed by atoms with Crippen LogP contribution >= 0.6 is 0 Å². The van der Waals surface area contributed by atoms with Crippen molar-refractivity contribution < 1.29 is 0 Å². The molecule has 0 radical (unpaired) electrons. The zero-order valence-corrected chi connectivity index (χ0v) is 7.61. The molecule has 1 aliphatic rings. The van der Waals surface area contributed by atoms with E-state index in [1.807, 2.05) is 0 Å². The first-order valence-corrected chi connectivity index (χ1v) is 4.69. The molecular weight excluding hydrogens is 120 g/mol. The Balaban J connectivity index is 2.54. The zero-order valence-electron chi connectivity index (χ0n) is 7.61. The van der Waals surface area contributed by atoms with E-state index in [0.717, 1.165) is 5.92 Å². The van der Waals surface area contributed by atoms with Gasteiger partial charge in [0.1, 0.15) is 0 Å². The topological polar surface area (TPSA) is 0 Å².